The molecule has 130 valence electrons. The first kappa shape index (κ1) is 19.8. The molecule has 5 heteroatoms. The van der Waals surface area contributed by atoms with Crippen LogP contribution in [0.5, 0.6) is 0 Å². The lowest BCUT2D eigenvalue weighted by Crippen LogP contribution is -2.35. The summed E-state index contributed by atoms with van der Waals surface area (Å²) in [4.78, 5) is 27.1. The fourth-order valence-corrected chi connectivity index (χ4v) is 2.65. The predicted molar refractivity (Wildman–Crippen MR) is 92.6 cm³/mol. The highest BCUT2D eigenvalue weighted by Crippen LogP contribution is 2.16. The van der Waals surface area contributed by atoms with Gasteiger partial charge in [-0.3, -0.25) is 4.79 Å². The van der Waals surface area contributed by atoms with E-state index in [0.29, 0.717) is 6.42 Å². The van der Waals surface area contributed by atoms with Gasteiger partial charge in [-0.25, -0.2) is 4.79 Å². The first-order valence-electron chi connectivity index (χ1n) is 8.37. The van der Waals surface area contributed by atoms with Gasteiger partial charge in [0.05, 0.1) is 0 Å². The molecule has 0 spiro atoms. The summed E-state index contributed by atoms with van der Waals surface area (Å²) in [6.45, 7) is 7.76. The van der Waals surface area contributed by atoms with Crippen molar-refractivity contribution in [1.82, 2.24) is 0 Å². The largest absolute Gasteiger partial charge is 0.453 e. The summed E-state index contributed by atoms with van der Waals surface area (Å²) in [7, 11) is 0. The topological polar surface area (TPSA) is 79.8 Å². The Labute approximate surface area is 143 Å². The highest BCUT2D eigenvalue weighted by atomic mass is 16.5. The normalized spacial score (nSPS) is 10.8. The molecule has 5 nitrogen and oxygen atoms in total. The van der Waals surface area contributed by atoms with Crippen molar-refractivity contribution in [1.29, 1.82) is 0 Å². The molecule has 0 aliphatic rings. The van der Waals surface area contributed by atoms with Crippen molar-refractivity contribution in [2.45, 2.75) is 53.1 Å². The third-order valence-electron chi connectivity index (χ3n) is 3.83. The highest BCUT2D eigenvalue weighted by Gasteiger charge is 2.34. The van der Waals surface area contributed by atoms with E-state index in [0.717, 1.165) is 12.0 Å². The maximum absolute atomic E-state index is 12.1. The molecule has 0 aromatic heterocycles. The highest BCUT2D eigenvalue weighted by molar-refractivity contribution is 6.62. The number of aryl methyl sites for hydroxylation is 1. The van der Waals surface area contributed by atoms with Crippen molar-refractivity contribution >= 4 is 17.5 Å². The van der Waals surface area contributed by atoms with Gasteiger partial charge < -0.3 is 10.3 Å². The number of ether oxygens (including phenoxy) is 1. The summed E-state index contributed by atoms with van der Waals surface area (Å²) < 4.78 is 5.36. The Hall–Kier alpha value is -2.26. The van der Waals surface area contributed by atoms with Crippen molar-refractivity contribution in [2.75, 3.05) is 0 Å². The minimum absolute atomic E-state index is 0.113. The lowest BCUT2D eigenvalue weighted by molar-refractivity contribution is -0.151. The van der Waals surface area contributed by atoms with Gasteiger partial charge in [0.15, 0.2) is 0 Å². The maximum atomic E-state index is 12.1. The Kier molecular flexibility index (Phi) is 8.07. The second-order valence-electron chi connectivity index (χ2n) is 6.57. The average Bonchev–Trinajstić information content (AvgIpc) is 2.53. The second kappa shape index (κ2) is 9.78. The molecule has 0 unspecified atom stereocenters. The Morgan fingerprint density at radius 2 is 1.67 bits per heavy atom. The van der Waals surface area contributed by atoms with E-state index in [-0.39, 0.29) is 24.4 Å². The zero-order chi connectivity index (χ0) is 18.1. The zero-order valence-electron chi connectivity index (χ0n) is 14.9. The molecule has 0 atom stereocenters. The van der Waals surface area contributed by atoms with Crippen molar-refractivity contribution in [3.63, 3.8) is 0 Å². The van der Waals surface area contributed by atoms with Crippen molar-refractivity contribution in [2.24, 2.45) is 11.8 Å². The first-order chi connectivity index (χ1) is 11.4. The lowest BCUT2D eigenvalue weighted by atomic mass is 9.96. The summed E-state index contributed by atoms with van der Waals surface area (Å²) >= 11 is 0. The monoisotopic (exact) mass is 330 g/mol. The third kappa shape index (κ3) is 6.09. The van der Waals surface area contributed by atoms with Crippen molar-refractivity contribution in [3.8, 4) is 0 Å². The van der Waals surface area contributed by atoms with Crippen LogP contribution in [0.4, 0.5) is 0 Å². The van der Waals surface area contributed by atoms with Crippen LogP contribution in [0, 0.1) is 11.8 Å². The second-order valence-corrected chi connectivity index (χ2v) is 6.57. The lowest BCUT2D eigenvalue weighted by Gasteiger charge is -2.23. The van der Waals surface area contributed by atoms with Crippen LogP contribution in [0.25, 0.3) is 5.53 Å². The van der Waals surface area contributed by atoms with Crippen LogP contribution in [-0.4, -0.2) is 28.4 Å². The number of rotatable bonds is 9. The molecule has 1 rings (SSSR count). The van der Waals surface area contributed by atoms with Crippen LogP contribution >= 0.6 is 0 Å². The van der Waals surface area contributed by atoms with Gasteiger partial charge in [0.2, 0.25) is 0 Å². The molecule has 0 aliphatic heterocycles. The SMILES string of the molecule is CC(C)C(OC(=O)C(=[N+]=[N-])C(=O)CCCc1ccccc1)C(C)C. The maximum Gasteiger partial charge on any atom is 0.441 e. The molecule has 0 saturated heterocycles. The Balaban J connectivity index is 2.60. The van der Waals surface area contributed by atoms with Gasteiger partial charge in [0, 0.05) is 6.42 Å². The third-order valence-corrected chi connectivity index (χ3v) is 3.83. The van der Waals surface area contributed by atoms with E-state index < -0.39 is 17.5 Å². The van der Waals surface area contributed by atoms with Gasteiger partial charge in [0.1, 0.15) is 6.10 Å². The molecule has 0 amide bonds. The molecule has 0 N–H and O–H groups in total. The minimum Gasteiger partial charge on any atom is -0.453 e. The molecule has 0 radical (unpaired) electrons. The Bertz CT molecular complexity index is 594. The molecule has 0 saturated carbocycles. The number of esters is 1. The molecule has 1 aromatic carbocycles. The van der Waals surface area contributed by atoms with Crippen LogP contribution in [0.1, 0.15) is 46.1 Å². The smallest absolute Gasteiger partial charge is 0.441 e. The molecule has 0 heterocycles. The molecule has 24 heavy (non-hydrogen) atoms. The fraction of sp³-hybridized carbons (Fsp3) is 0.526. The van der Waals surface area contributed by atoms with Crippen LogP contribution in [0.2, 0.25) is 0 Å². The molecule has 1 aromatic rings. The number of Topliss-reactive ketones (excluding diaryl/α,β-unsaturated/α-hetero) is 1. The Morgan fingerprint density at radius 1 is 1.08 bits per heavy atom. The summed E-state index contributed by atoms with van der Waals surface area (Å²) in [5, 5.41) is 0. The fourth-order valence-electron chi connectivity index (χ4n) is 2.65. The summed E-state index contributed by atoms with van der Waals surface area (Å²) in [5.41, 5.74) is 9.64. The standard InChI is InChI=1S/C19H26N2O3/c1-13(2)18(14(3)4)24-19(23)17(21-20)16(22)12-8-11-15-9-6-5-7-10-15/h5-7,9-10,13-14,18H,8,11-12H2,1-4H3. The van der Waals surface area contributed by atoms with E-state index in [1.165, 1.54) is 0 Å². The van der Waals surface area contributed by atoms with E-state index in [4.69, 9.17) is 10.3 Å². The number of nitrogens with zero attached hydrogens (tertiary/aromatic N) is 2. The van der Waals surface area contributed by atoms with E-state index in [1.807, 2.05) is 58.0 Å². The number of hydrogen-bond acceptors (Lipinski definition) is 3. The number of benzene rings is 1. The number of carbonyl (C=O) groups is 2. The van der Waals surface area contributed by atoms with Crippen LogP contribution < -0.4 is 0 Å². The zero-order valence-corrected chi connectivity index (χ0v) is 14.9. The van der Waals surface area contributed by atoms with E-state index in [2.05, 4.69) is 4.79 Å². The van der Waals surface area contributed by atoms with Gasteiger partial charge in [-0.05, 0) is 30.2 Å². The summed E-state index contributed by atoms with van der Waals surface area (Å²) in [6, 6.07) is 9.77. The van der Waals surface area contributed by atoms with E-state index in [1.54, 1.807) is 0 Å². The van der Waals surface area contributed by atoms with Crippen LogP contribution in [0.15, 0.2) is 30.3 Å². The van der Waals surface area contributed by atoms with Gasteiger partial charge in [-0.15, -0.1) is 0 Å². The Morgan fingerprint density at radius 3 is 2.17 bits per heavy atom. The molecule has 0 aliphatic carbocycles. The molecular weight excluding hydrogens is 304 g/mol. The van der Waals surface area contributed by atoms with Gasteiger partial charge >= 0.3 is 11.7 Å². The summed E-state index contributed by atoms with van der Waals surface area (Å²) in [5.74, 6) is -1.12. The number of hydrogen-bond donors (Lipinski definition) is 0. The molecule has 0 bridgehead atoms. The predicted octanol–water partition coefficient (Wildman–Crippen LogP) is 3.47. The van der Waals surface area contributed by atoms with E-state index >= 15 is 0 Å². The minimum atomic E-state index is -0.852. The number of ketones is 1. The van der Waals surface area contributed by atoms with Gasteiger partial charge in [0.25, 0.3) is 5.78 Å². The molecular formula is C19H26N2O3. The van der Waals surface area contributed by atoms with Gasteiger partial charge in [-0.1, -0.05) is 58.0 Å². The van der Waals surface area contributed by atoms with Crippen LogP contribution in [-0.2, 0) is 20.7 Å². The van der Waals surface area contributed by atoms with Crippen molar-refractivity contribution < 1.29 is 19.1 Å². The quantitative estimate of drug-likeness (QED) is 0.229. The number of carbonyl (C=O) groups excluding carboxylic acids is 2. The van der Waals surface area contributed by atoms with E-state index in [9.17, 15) is 9.59 Å². The average molecular weight is 330 g/mol. The van der Waals surface area contributed by atoms with Crippen LogP contribution in [0.3, 0.4) is 0 Å². The molecule has 0 fully saturated rings. The first-order valence-corrected chi connectivity index (χ1v) is 8.37. The summed E-state index contributed by atoms with van der Waals surface area (Å²) in [6.07, 6.45) is 1.11. The van der Waals surface area contributed by atoms with Crippen molar-refractivity contribution in [3.05, 3.63) is 41.4 Å². The van der Waals surface area contributed by atoms with Gasteiger partial charge in [-0.2, -0.15) is 4.79 Å².